The Hall–Kier alpha value is -0.680. The number of carbonyl (C=O) groups is 1. The van der Waals surface area contributed by atoms with Crippen molar-refractivity contribution in [3.05, 3.63) is 0 Å². The van der Waals surface area contributed by atoms with Crippen molar-refractivity contribution in [2.24, 2.45) is 11.7 Å². The third-order valence-electron chi connectivity index (χ3n) is 3.65. The normalized spacial score (nSPS) is 20.1. The maximum absolute atomic E-state index is 11.9. The van der Waals surface area contributed by atoms with Gasteiger partial charge in [-0.1, -0.05) is 25.6 Å². The van der Waals surface area contributed by atoms with Gasteiger partial charge in [-0.15, -0.1) is 0 Å². The Bertz CT molecular complexity index is 290. The van der Waals surface area contributed by atoms with E-state index in [0.29, 0.717) is 24.0 Å². The van der Waals surface area contributed by atoms with E-state index in [0.717, 1.165) is 13.1 Å². The Morgan fingerprint density at radius 2 is 2.00 bits per heavy atom. The van der Waals surface area contributed by atoms with E-state index in [-0.39, 0.29) is 11.8 Å². The fourth-order valence-corrected chi connectivity index (χ4v) is 2.65. The summed E-state index contributed by atoms with van der Waals surface area (Å²) in [6.45, 7) is 7.05. The Labute approximate surface area is 115 Å². The van der Waals surface area contributed by atoms with Gasteiger partial charge >= 0.3 is 0 Å². The summed E-state index contributed by atoms with van der Waals surface area (Å²) >= 11 is 4.90. The van der Waals surface area contributed by atoms with Crippen molar-refractivity contribution in [1.82, 2.24) is 10.2 Å². The Balaban J connectivity index is 2.34. The number of nitrogens with two attached hydrogens (primary N) is 1. The monoisotopic (exact) mass is 271 g/mol. The van der Waals surface area contributed by atoms with Crippen molar-refractivity contribution >= 4 is 23.1 Å². The van der Waals surface area contributed by atoms with Crippen LogP contribution in [0, 0.1) is 5.92 Å². The lowest BCUT2D eigenvalue weighted by atomic mass is 10.1. The minimum absolute atomic E-state index is 0.0335. The van der Waals surface area contributed by atoms with E-state index in [1.165, 1.54) is 19.3 Å². The van der Waals surface area contributed by atoms with Crippen LogP contribution >= 0.6 is 12.2 Å². The molecule has 2 unspecified atom stereocenters. The summed E-state index contributed by atoms with van der Waals surface area (Å²) in [7, 11) is 0. The average molecular weight is 271 g/mol. The Morgan fingerprint density at radius 1 is 1.39 bits per heavy atom. The van der Waals surface area contributed by atoms with Crippen molar-refractivity contribution in [2.75, 3.05) is 19.6 Å². The van der Waals surface area contributed by atoms with Crippen LogP contribution in [0.1, 0.15) is 39.5 Å². The summed E-state index contributed by atoms with van der Waals surface area (Å²) in [5.41, 5.74) is 5.56. The van der Waals surface area contributed by atoms with Crippen LogP contribution in [-0.4, -0.2) is 41.5 Å². The second kappa shape index (κ2) is 7.69. The summed E-state index contributed by atoms with van der Waals surface area (Å²) in [5.74, 6) is -0.359. The predicted octanol–water partition coefficient (Wildman–Crippen LogP) is 1.29. The van der Waals surface area contributed by atoms with Gasteiger partial charge in [-0.05, 0) is 39.3 Å². The number of amides is 1. The third kappa shape index (κ3) is 4.53. The van der Waals surface area contributed by atoms with Crippen molar-refractivity contribution in [1.29, 1.82) is 0 Å². The number of piperidine rings is 1. The molecule has 1 fully saturated rings. The Kier molecular flexibility index (Phi) is 6.57. The van der Waals surface area contributed by atoms with Crippen molar-refractivity contribution < 1.29 is 4.79 Å². The molecule has 1 saturated heterocycles. The van der Waals surface area contributed by atoms with Crippen LogP contribution in [0.25, 0.3) is 0 Å². The number of likely N-dealkylation sites (tertiary alicyclic amines) is 1. The predicted molar refractivity (Wildman–Crippen MR) is 78.5 cm³/mol. The van der Waals surface area contributed by atoms with E-state index in [4.69, 9.17) is 18.0 Å². The lowest BCUT2D eigenvalue weighted by Gasteiger charge is -2.32. The van der Waals surface area contributed by atoms with E-state index >= 15 is 0 Å². The van der Waals surface area contributed by atoms with Gasteiger partial charge in [0.1, 0.15) is 0 Å². The molecule has 1 amide bonds. The van der Waals surface area contributed by atoms with E-state index < -0.39 is 0 Å². The number of thiocarbonyl (C=S) groups is 1. The number of nitrogens with zero attached hydrogens (tertiary/aromatic N) is 1. The van der Waals surface area contributed by atoms with Gasteiger partial charge in [-0.3, -0.25) is 9.69 Å². The molecule has 0 saturated carbocycles. The highest BCUT2D eigenvalue weighted by atomic mass is 32.1. The van der Waals surface area contributed by atoms with Gasteiger partial charge in [0.05, 0.1) is 10.9 Å². The molecular formula is C13H25N3OS. The topological polar surface area (TPSA) is 58.4 Å². The SMILES string of the molecule is CCC(C(=O)NCC(C)N1CCCCC1)C(N)=S. The van der Waals surface area contributed by atoms with Crippen LogP contribution in [0.4, 0.5) is 0 Å². The zero-order valence-electron chi connectivity index (χ0n) is 11.4. The molecule has 0 aromatic heterocycles. The molecule has 2 atom stereocenters. The number of hydrogen-bond acceptors (Lipinski definition) is 3. The van der Waals surface area contributed by atoms with Crippen LogP contribution in [0.2, 0.25) is 0 Å². The summed E-state index contributed by atoms with van der Waals surface area (Å²) in [6.07, 6.45) is 4.53. The maximum Gasteiger partial charge on any atom is 0.229 e. The smallest absolute Gasteiger partial charge is 0.229 e. The molecule has 4 nitrogen and oxygen atoms in total. The van der Waals surface area contributed by atoms with E-state index in [2.05, 4.69) is 17.1 Å². The van der Waals surface area contributed by atoms with Gasteiger partial charge < -0.3 is 11.1 Å². The minimum Gasteiger partial charge on any atom is -0.393 e. The molecule has 0 spiro atoms. The third-order valence-corrected chi connectivity index (χ3v) is 3.94. The zero-order valence-corrected chi connectivity index (χ0v) is 12.3. The summed E-state index contributed by atoms with van der Waals surface area (Å²) in [6, 6.07) is 0.387. The van der Waals surface area contributed by atoms with Crippen LogP contribution in [-0.2, 0) is 4.79 Å². The average Bonchev–Trinajstić information content (AvgIpc) is 2.37. The van der Waals surface area contributed by atoms with Gasteiger partial charge in [-0.2, -0.15) is 0 Å². The highest BCUT2D eigenvalue weighted by molar-refractivity contribution is 7.80. The molecule has 1 heterocycles. The van der Waals surface area contributed by atoms with E-state index in [1.807, 2.05) is 6.92 Å². The van der Waals surface area contributed by atoms with Crippen molar-refractivity contribution in [3.8, 4) is 0 Å². The fraction of sp³-hybridized carbons (Fsp3) is 0.846. The first-order chi connectivity index (χ1) is 8.56. The molecule has 18 heavy (non-hydrogen) atoms. The van der Waals surface area contributed by atoms with Crippen LogP contribution in [0.15, 0.2) is 0 Å². The van der Waals surface area contributed by atoms with Gasteiger partial charge in [0.2, 0.25) is 5.91 Å². The van der Waals surface area contributed by atoms with Crippen molar-refractivity contribution in [2.45, 2.75) is 45.6 Å². The molecule has 1 aliphatic rings. The number of hydrogen-bond donors (Lipinski definition) is 2. The quantitative estimate of drug-likeness (QED) is 0.715. The first-order valence-electron chi connectivity index (χ1n) is 6.87. The molecule has 0 bridgehead atoms. The lowest BCUT2D eigenvalue weighted by Crippen LogP contribution is -2.46. The molecule has 0 radical (unpaired) electrons. The molecule has 5 heteroatoms. The van der Waals surface area contributed by atoms with Gasteiger partial charge in [0, 0.05) is 12.6 Å². The minimum atomic E-state index is -0.325. The lowest BCUT2D eigenvalue weighted by molar-refractivity contribution is -0.123. The summed E-state index contributed by atoms with van der Waals surface area (Å²) < 4.78 is 0. The van der Waals surface area contributed by atoms with Crippen molar-refractivity contribution in [3.63, 3.8) is 0 Å². The first-order valence-corrected chi connectivity index (χ1v) is 7.28. The zero-order chi connectivity index (χ0) is 13.5. The Morgan fingerprint density at radius 3 is 2.50 bits per heavy atom. The number of carbonyl (C=O) groups excluding carboxylic acids is 1. The maximum atomic E-state index is 11.9. The first kappa shape index (κ1) is 15.4. The molecule has 1 rings (SSSR count). The van der Waals surface area contributed by atoms with E-state index in [1.54, 1.807) is 0 Å². The second-order valence-electron chi connectivity index (χ2n) is 5.05. The number of nitrogens with one attached hydrogen (secondary N) is 1. The molecule has 3 N–H and O–H groups in total. The van der Waals surface area contributed by atoms with Gasteiger partial charge in [-0.25, -0.2) is 0 Å². The van der Waals surface area contributed by atoms with Crippen LogP contribution in [0.3, 0.4) is 0 Å². The van der Waals surface area contributed by atoms with Gasteiger partial charge in [0.25, 0.3) is 0 Å². The van der Waals surface area contributed by atoms with Crippen LogP contribution in [0.5, 0.6) is 0 Å². The summed E-state index contributed by atoms with van der Waals surface area (Å²) in [4.78, 5) is 14.6. The largest absolute Gasteiger partial charge is 0.393 e. The molecule has 104 valence electrons. The molecule has 0 aliphatic carbocycles. The standard InChI is InChI=1S/C13H25N3OS/c1-3-11(12(14)18)13(17)15-9-10(2)16-7-5-4-6-8-16/h10-11H,3-9H2,1-2H3,(H2,14,18)(H,15,17). The van der Waals surface area contributed by atoms with E-state index in [9.17, 15) is 4.79 Å². The fourth-order valence-electron chi connectivity index (χ4n) is 2.38. The highest BCUT2D eigenvalue weighted by Gasteiger charge is 2.21. The number of rotatable bonds is 6. The molecule has 0 aromatic carbocycles. The second-order valence-corrected chi connectivity index (χ2v) is 5.53. The van der Waals surface area contributed by atoms with Gasteiger partial charge in [0.15, 0.2) is 0 Å². The van der Waals surface area contributed by atoms with Crippen LogP contribution < -0.4 is 11.1 Å². The molecular weight excluding hydrogens is 246 g/mol. The molecule has 1 aliphatic heterocycles. The highest BCUT2D eigenvalue weighted by Crippen LogP contribution is 2.11. The summed E-state index contributed by atoms with van der Waals surface area (Å²) in [5, 5.41) is 2.96. The molecule has 0 aromatic rings.